The Morgan fingerprint density at radius 2 is 1.77 bits per heavy atom. The maximum Gasteiger partial charge on any atom is 0.451 e. The number of rotatable bonds is 5. The van der Waals surface area contributed by atoms with Gasteiger partial charge in [-0.05, 0) is 54.3 Å². The van der Waals surface area contributed by atoms with Gasteiger partial charge in [-0.2, -0.15) is 13.2 Å². The van der Waals surface area contributed by atoms with Crippen molar-refractivity contribution >= 4 is 28.4 Å². The summed E-state index contributed by atoms with van der Waals surface area (Å²) in [6, 6.07) is 9.32. The average molecular weight is 539 g/mol. The number of carbonyl (C=O) groups is 1. The number of alkyl halides is 3. The standard InChI is InChI=1S/C27H22F4N6O2/c1-15(19-12-32-25(33-13-19)27(29,30)31)36-24-22-11-18(16-2-4-20(28)5-3-16)10-21(23(22)34-14-35-24)17-6-8-37(9-7-17)26(38)39/h2-6,10-15H,7-9H2,1H3,(H,38,39)(H,34,35,36)/t15-/m1/s1. The maximum absolute atomic E-state index is 13.6. The molecule has 1 atom stereocenters. The van der Waals surface area contributed by atoms with Crippen LogP contribution < -0.4 is 5.32 Å². The minimum atomic E-state index is -4.64. The van der Waals surface area contributed by atoms with Gasteiger partial charge in [0.05, 0.1) is 11.6 Å². The molecular formula is C27H22F4N6O2. The van der Waals surface area contributed by atoms with Gasteiger partial charge < -0.3 is 15.3 Å². The zero-order chi connectivity index (χ0) is 27.7. The highest BCUT2D eigenvalue weighted by Gasteiger charge is 2.34. The van der Waals surface area contributed by atoms with E-state index in [0.29, 0.717) is 35.2 Å². The Morgan fingerprint density at radius 1 is 1.05 bits per heavy atom. The fourth-order valence-corrected chi connectivity index (χ4v) is 4.42. The third kappa shape index (κ3) is 5.49. The normalized spacial score (nSPS) is 14.7. The van der Waals surface area contributed by atoms with E-state index in [2.05, 4.69) is 25.3 Å². The van der Waals surface area contributed by atoms with Crippen LogP contribution in [0.5, 0.6) is 0 Å². The Morgan fingerprint density at radius 3 is 2.38 bits per heavy atom. The van der Waals surface area contributed by atoms with Crippen molar-refractivity contribution < 1.29 is 27.5 Å². The SMILES string of the molecule is C[C@@H](Nc1ncnc2c(C3=CCN(C(=O)O)CC3)cc(-c3ccc(F)cc3)cc12)c1cnc(C(F)(F)F)nc1. The number of fused-ring (bicyclic) bond motifs is 1. The second-order valence-corrected chi connectivity index (χ2v) is 9.06. The molecule has 0 spiro atoms. The molecule has 0 saturated carbocycles. The molecule has 5 rings (SSSR count). The summed E-state index contributed by atoms with van der Waals surface area (Å²) in [5.74, 6) is -1.16. The van der Waals surface area contributed by atoms with Crippen LogP contribution in [0.25, 0.3) is 27.6 Å². The molecule has 12 heteroatoms. The summed E-state index contributed by atoms with van der Waals surface area (Å²) in [5.41, 5.74) is 4.25. The summed E-state index contributed by atoms with van der Waals surface area (Å²) in [6.07, 6.45) is 0.305. The van der Waals surface area contributed by atoms with Gasteiger partial charge in [-0.25, -0.2) is 29.1 Å². The molecule has 0 fully saturated rings. The number of benzene rings is 2. The van der Waals surface area contributed by atoms with Crippen molar-refractivity contribution in [1.82, 2.24) is 24.8 Å². The maximum atomic E-state index is 13.6. The molecule has 0 radical (unpaired) electrons. The van der Waals surface area contributed by atoms with E-state index < -0.39 is 24.1 Å². The molecule has 2 aromatic heterocycles. The van der Waals surface area contributed by atoms with E-state index in [1.807, 2.05) is 18.2 Å². The van der Waals surface area contributed by atoms with Gasteiger partial charge in [0.2, 0.25) is 5.82 Å². The zero-order valence-corrected chi connectivity index (χ0v) is 20.6. The molecular weight excluding hydrogens is 516 g/mol. The molecule has 1 aliphatic heterocycles. The van der Waals surface area contributed by atoms with E-state index in [4.69, 9.17) is 0 Å². The summed E-state index contributed by atoms with van der Waals surface area (Å²) in [6.45, 7) is 2.30. The van der Waals surface area contributed by atoms with Crippen LogP contribution in [0.15, 0.2) is 61.2 Å². The van der Waals surface area contributed by atoms with Crippen LogP contribution in [0.1, 0.15) is 36.3 Å². The molecule has 0 saturated heterocycles. The lowest BCUT2D eigenvalue weighted by molar-refractivity contribution is -0.145. The first kappa shape index (κ1) is 26.0. The van der Waals surface area contributed by atoms with E-state index in [1.165, 1.54) is 23.4 Å². The number of aromatic nitrogens is 4. The minimum absolute atomic E-state index is 0.230. The molecule has 2 N–H and O–H groups in total. The molecule has 4 aromatic rings. The Hall–Kier alpha value is -4.61. The van der Waals surface area contributed by atoms with Crippen molar-refractivity contribution in [3.63, 3.8) is 0 Å². The van der Waals surface area contributed by atoms with Crippen molar-refractivity contribution in [1.29, 1.82) is 0 Å². The van der Waals surface area contributed by atoms with Crippen molar-refractivity contribution in [3.05, 3.63) is 84.0 Å². The monoisotopic (exact) mass is 538 g/mol. The van der Waals surface area contributed by atoms with Gasteiger partial charge in [-0.1, -0.05) is 18.2 Å². The number of amides is 1. The molecule has 1 amide bonds. The molecule has 39 heavy (non-hydrogen) atoms. The third-order valence-corrected chi connectivity index (χ3v) is 6.52. The first-order chi connectivity index (χ1) is 18.6. The van der Waals surface area contributed by atoms with Crippen LogP contribution >= 0.6 is 0 Å². The van der Waals surface area contributed by atoms with Crippen LogP contribution in [0.4, 0.5) is 28.2 Å². The van der Waals surface area contributed by atoms with E-state index in [9.17, 15) is 27.5 Å². The van der Waals surface area contributed by atoms with Gasteiger partial charge in [0, 0.05) is 42.0 Å². The van der Waals surface area contributed by atoms with Gasteiger partial charge in [0.15, 0.2) is 0 Å². The molecule has 0 aliphatic carbocycles. The van der Waals surface area contributed by atoms with Crippen LogP contribution in [0.2, 0.25) is 0 Å². The third-order valence-electron chi connectivity index (χ3n) is 6.52. The summed E-state index contributed by atoms with van der Waals surface area (Å²) < 4.78 is 52.3. The van der Waals surface area contributed by atoms with E-state index in [1.54, 1.807) is 19.1 Å². The van der Waals surface area contributed by atoms with Crippen LogP contribution in [-0.2, 0) is 6.18 Å². The number of nitrogens with one attached hydrogen (secondary N) is 1. The van der Waals surface area contributed by atoms with E-state index in [-0.39, 0.29) is 12.4 Å². The Bertz CT molecular complexity index is 1560. The summed E-state index contributed by atoms with van der Waals surface area (Å²) in [5, 5.41) is 13.2. The quantitative estimate of drug-likeness (QED) is 0.292. The molecule has 0 bridgehead atoms. The fourth-order valence-electron chi connectivity index (χ4n) is 4.42. The van der Waals surface area contributed by atoms with E-state index >= 15 is 0 Å². The largest absolute Gasteiger partial charge is 0.465 e. The molecule has 0 unspecified atom stereocenters. The predicted molar refractivity (Wildman–Crippen MR) is 136 cm³/mol. The highest BCUT2D eigenvalue weighted by molar-refractivity contribution is 6.00. The lowest BCUT2D eigenvalue weighted by Crippen LogP contribution is -2.33. The summed E-state index contributed by atoms with van der Waals surface area (Å²) in [4.78, 5) is 28.5. The van der Waals surface area contributed by atoms with Crippen LogP contribution in [0, 0.1) is 5.82 Å². The summed E-state index contributed by atoms with van der Waals surface area (Å²) >= 11 is 0. The number of hydrogen-bond donors (Lipinski definition) is 2. The number of halogens is 4. The Kier molecular flexibility index (Phi) is 6.85. The van der Waals surface area contributed by atoms with Crippen molar-refractivity contribution in [2.45, 2.75) is 25.6 Å². The van der Waals surface area contributed by atoms with Crippen molar-refractivity contribution in [2.75, 3.05) is 18.4 Å². The highest BCUT2D eigenvalue weighted by Crippen LogP contribution is 2.36. The number of carboxylic acid groups (broad SMARTS) is 1. The van der Waals surface area contributed by atoms with Gasteiger partial charge in [0.25, 0.3) is 0 Å². The average Bonchev–Trinajstić information content (AvgIpc) is 2.93. The summed E-state index contributed by atoms with van der Waals surface area (Å²) in [7, 11) is 0. The second kappa shape index (κ2) is 10.3. The number of nitrogens with zero attached hydrogens (tertiary/aromatic N) is 5. The minimum Gasteiger partial charge on any atom is -0.465 e. The number of anilines is 1. The Labute approximate surface area is 220 Å². The molecule has 8 nitrogen and oxygen atoms in total. The molecule has 200 valence electrons. The predicted octanol–water partition coefficient (Wildman–Crippen LogP) is 6.18. The first-order valence-electron chi connectivity index (χ1n) is 12.0. The van der Waals surface area contributed by atoms with Crippen molar-refractivity contribution in [3.8, 4) is 11.1 Å². The van der Waals surface area contributed by atoms with Crippen molar-refractivity contribution in [2.24, 2.45) is 0 Å². The van der Waals surface area contributed by atoms with Crippen LogP contribution in [0.3, 0.4) is 0 Å². The second-order valence-electron chi connectivity index (χ2n) is 9.06. The molecule has 3 heterocycles. The zero-order valence-electron chi connectivity index (χ0n) is 20.6. The van der Waals surface area contributed by atoms with Gasteiger partial charge in [0.1, 0.15) is 18.0 Å². The molecule has 2 aromatic carbocycles. The van der Waals surface area contributed by atoms with Gasteiger partial charge in [-0.3, -0.25) is 0 Å². The van der Waals surface area contributed by atoms with Gasteiger partial charge >= 0.3 is 12.3 Å². The van der Waals surface area contributed by atoms with Gasteiger partial charge in [-0.15, -0.1) is 0 Å². The first-order valence-corrected chi connectivity index (χ1v) is 12.0. The highest BCUT2D eigenvalue weighted by atomic mass is 19.4. The van der Waals surface area contributed by atoms with Crippen LogP contribution in [-0.4, -0.2) is 49.1 Å². The topological polar surface area (TPSA) is 104 Å². The lowest BCUT2D eigenvalue weighted by Gasteiger charge is -2.25. The lowest BCUT2D eigenvalue weighted by atomic mass is 9.92. The Balaban J connectivity index is 1.57. The smallest absolute Gasteiger partial charge is 0.451 e. The fraction of sp³-hybridized carbons (Fsp3) is 0.222. The molecule has 1 aliphatic rings. The van der Waals surface area contributed by atoms with E-state index in [0.717, 1.165) is 34.7 Å². The number of hydrogen-bond acceptors (Lipinski definition) is 6.